The molecule has 0 aliphatic carbocycles. The summed E-state index contributed by atoms with van der Waals surface area (Å²) in [6.45, 7) is 4.23. The number of nitrogens with zero attached hydrogens (tertiary/aromatic N) is 2. The second-order valence-corrected chi connectivity index (χ2v) is 9.16. The quantitative estimate of drug-likeness (QED) is 0.182. The Hall–Kier alpha value is -2.70. The molecule has 0 atom stereocenters. The van der Waals surface area contributed by atoms with Gasteiger partial charge in [0.25, 0.3) is 0 Å². The van der Waals surface area contributed by atoms with Crippen LogP contribution in [0.15, 0.2) is 81.8 Å². The maximum Gasteiger partial charge on any atom is 0.336 e. The van der Waals surface area contributed by atoms with Crippen LogP contribution in [-0.4, -0.2) is 23.5 Å². The molecular weight excluding hydrogens is 463 g/mol. The van der Waals surface area contributed by atoms with Crippen molar-refractivity contribution in [2.45, 2.75) is 25.9 Å². The standard InChI is InChI=1S/C14H18NO4P.C10H8ClNO/c1-3-17-20(16,18-4-2)11-13-10-14(19-15-13)12-8-6-5-7-9-12;11-7-9-6-10(13-12-9)8-4-2-1-3-5-8/h5-10H,3-4,11H2,1-2H3;1-6H,7H2. The summed E-state index contributed by atoms with van der Waals surface area (Å²) in [5.41, 5.74) is 3.27. The van der Waals surface area contributed by atoms with Crippen molar-refractivity contribution in [3.05, 3.63) is 84.2 Å². The van der Waals surface area contributed by atoms with Crippen LogP contribution in [0.4, 0.5) is 0 Å². The molecule has 2 aromatic heterocycles. The summed E-state index contributed by atoms with van der Waals surface area (Å²) in [4.78, 5) is 0. The number of alkyl halides is 1. The van der Waals surface area contributed by atoms with Gasteiger partial charge in [0.2, 0.25) is 0 Å². The van der Waals surface area contributed by atoms with Gasteiger partial charge in [-0.15, -0.1) is 11.6 Å². The Morgan fingerprint density at radius 1 is 0.788 bits per heavy atom. The van der Waals surface area contributed by atoms with Gasteiger partial charge in [-0.1, -0.05) is 71.0 Å². The summed E-state index contributed by atoms with van der Waals surface area (Å²) in [5.74, 6) is 1.78. The van der Waals surface area contributed by atoms with E-state index in [9.17, 15) is 4.57 Å². The second kappa shape index (κ2) is 12.5. The van der Waals surface area contributed by atoms with Crippen molar-refractivity contribution in [2.75, 3.05) is 13.2 Å². The molecule has 174 valence electrons. The third-order valence-corrected chi connectivity index (χ3v) is 6.67. The lowest BCUT2D eigenvalue weighted by Crippen LogP contribution is -1.99. The summed E-state index contributed by atoms with van der Waals surface area (Å²) in [7, 11) is -3.14. The summed E-state index contributed by atoms with van der Waals surface area (Å²) in [6.07, 6.45) is 0.116. The van der Waals surface area contributed by atoms with Gasteiger partial charge in [0.05, 0.1) is 36.6 Å². The zero-order chi connectivity index (χ0) is 23.5. The average Bonchev–Trinajstić information content (AvgIpc) is 3.51. The smallest absolute Gasteiger partial charge is 0.336 e. The largest absolute Gasteiger partial charge is 0.356 e. The molecule has 9 heteroatoms. The highest BCUT2D eigenvalue weighted by Gasteiger charge is 2.26. The number of rotatable bonds is 9. The zero-order valence-electron chi connectivity index (χ0n) is 18.5. The van der Waals surface area contributed by atoms with Crippen molar-refractivity contribution < 1.29 is 22.7 Å². The third kappa shape index (κ3) is 7.41. The van der Waals surface area contributed by atoms with Gasteiger partial charge in [-0.25, -0.2) is 0 Å². The van der Waals surface area contributed by atoms with Gasteiger partial charge in [-0.05, 0) is 13.8 Å². The van der Waals surface area contributed by atoms with Gasteiger partial charge in [0.15, 0.2) is 11.5 Å². The first-order valence-electron chi connectivity index (χ1n) is 10.5. The fourth-order valence-corrected chi connectivity index (χ4v) is 4.67. The van der Waals surface area contributed by atoms with E-state index in [2.05, 4.69) is 10.3 Å². The summed E-state index contributed by atoms with van der Waals surface area (Å²) >= 11 is 5.61. The van der Waals surface area contributed by atoms with Crippen LogP contribution in [0.25, 0.3) is 22.6 Å². The molecule has 0 saturated heterocycles. The molecule has 4 aromatic rings. The van der Waals surface area contributed by atoms with Crippen molar-refractivity contribution in [3.8, 4) is 22.6 Å². The first-order valence-corrected chi connectivity index (χ1v) is 12.8. The second-order valence-electron chi connectivity index (χ2n) is 6.84. The summed E-state index contributed by atoms with van der Waals surface area (Å²) in [6, 6.07) is 23.0. The number of hydrogen-bond acceptors (Lipinski definition) is 7. The molecule has 0 radical (unpaired) electrons. The predicted molar refractivity (Wildman–Crippen MR) is 128 cm³/mol. The highest BCUT2D eigenvalue weighted by atomic mass is 35.5. The van der Waals surface area contributed by atoms with E-state index in [1.165, 1.54) is 0 Å². The minimum absolute atomic E-state index is 0.116. The number of benzene rings is 2. The third-order valence-electron chi connectivity index (χ3n) is 4.38. The first kappa shape index (κ1) is 24.9. The van der Waals surface area contributed by atoms with Crippen LogP contribution >= 0.6 is 19.2 Å². The van der Waals surface area contributed by atoms with E-state index in [0.717, 1.165) is 22.6 Å². The van der Waals surface area contributed by atoms with E-state index in [4.69, 9.17) is 29.7 Å². The monoisotopic (exact) mass is 488 g/mol. The van der Waals surface area contributed by atoms with Crippen molar-refractivity contribution >= 4 is 19.2 Å². The van der Waals surface area contributed by atoms with Crippen LogP contribution in [-0.2, 0) is 25.7 Å². The molecule has 33 heavy (non-hydrogen) atoms. The Morgan fingerprint density at radius 2 is 1.24 bits per heavy atom. The molecule has 0 saturated carbocycles. The minimum Gasteiger partial charge on any atom is -0.356 e. The van der Waals surface area contributed by atoms with Crippen LogP contribution in [0.2, 0.25) is 0 Å². The molecule has 7 nitrogen and oxygen atoms in total. The Kier molecular flexibility index (Phi) is 9.46. The molecular formula is C24H26ClN2O5P. The van der Waals surface area contributed by atoms with Gasteiger partial charge < -0.3 is 18.1 Å². The fraction of sp³-hybridized carbons (Fsp3) is 0.250. The van der Waals surface area contributed by atoms with Gasteiger partial charge in [-0.3, -0.25) is 4.57 Å². The molecule has 0 unspecified atom stereocenters. The van der Waals surface area contributed by atoms with E-state index >= 15 is 0 Å². The Bertz CT molecular complexity index is 1140. The van der Waals surface area contributed by atoms with Gasteiger partial charge in [0.1, 0.15) is 0 Å². The minimum atomic E-state index is -3.14. The van der Waals surface area contributed by atoms with E-state index in [0.29, 0.717) is 30.5 Å². The number of aromatic nitrogens is 2. The average molecular weight is 489 g/mol. The van der Waals surface area contributed by atoms with Gasteiger partial charge >= 0.3 is 7.60 Å². The molecule has 0 amide bonds. The molecule has 0 aliphatic rings. The Balaban J connectivity index is 0.000000203. The highest BCUT2D eigenvalue weighted by molar-refractivity contribution is 7.53. The maximum atomic E-state index is 12.4. The topological polar surface area (TPSA) is 87.6 Å². The lowest BCUT2D eigenvalue weighted by Gasteiger charge is -2.15. The zero-order valence-corrected chi connectivity index (χ0v) is 20.2. The van der Waals surface area contributed by atoms with Crippen LogP contribution in [0.5, 0.6) is 0 Å². The molecule has 0 N–H and O–H groups in total. The molecule has 0 bridgehead atoms. The van der Waals surface area contributed by atoms with Crippen LogP contribution in [0, 0.1) is 0 Å². The molecule has 0 spiro atoms. The van der Waals surface area contributed by atoms with Crippen LogP contribution in [0.1, 0.15) is 25.2 Å². The molecule has 4 rings (SSSR count). The molecule has 0 fully saturated rings. The molecule has 2 heterocycles. The number of hydrogen-bond donors (Lipinski definition) is 0. The maximum absolute atomic E-state index is 12.4. The summed E-state index contributed by atoms with van der Waals surface area (Å²) in [5, 5.41) is 7.74. The SMILES string of the molecule is CCOP(=O)(Cc1cc(-c2ccccc2)on1)OCC.ClCc1cc(-c2ccccc2)on1. The summed E-state index contributed by atoms with van der Waals surface area (Å²) < 4.78 is 33.3. The van der Waals surface area contributed by atoms with Gasteiger partial charge in [0, 0.05) is 23.3 Å². The number of halogens is 1. The Morgan fingerprint density at radius 3 is 1.67 bits per heavy atom. The van der Waals surface area contributed by atoms with Crippen molar-refractivity contribution in [1.29, 1.82) is 0 Å². The van der Waals surface area contributed by atoms with Crippen molar-refractivity contribution in [1.82, 2.24) is 10.3 Å². The predicted octanol–water partition coefficient (Wildman–Crippen LogP) is 7.19. The lowest BCUT2D eigenvalue weighted by atomic mass is 10.2. The fourth-order valence-electron chi connectivity index (χ4n) is 2.96. The first-order chi connectivity index (χ1) is 16.1. The van der Waals surface area contributed by atoms with E-state index in [-0.39, 0.29) is 6.16 Å². The highest BCUT2D eigenvalue weighted by Crippen LogP contribution is 2.51. The van der Waals surface area contributed by atoms with Gasteiger partial charge in [-0.2, -0.15) is 0 Å². The van der Waals surface area contributed by atoms with E-state index in [1.54, 1.807) is 19.9 Å². The lowest BCUT2D eigenvalue weighted by molar-refractivity contribution is 0.218. The van der Waals surface area contributed by atoms with E-state index < -0.39 is 7.60 Å². The molecule has 0 aliphatic heterocycles. The van der Waals surface area contributed by atoms with Crippen LogP contribution < -0.4 is 0 Å². The Labute approximate surface area is 198 Å². The normalized spacial score (nSPS) is 11.1. The van der Waals surface area contributed by atoms with Crippen LogP contribution in [0.3, 0.4) is 0 Å². The molecule has 2 aromatic carbocycles. The van der Waals surface area contributed by atoms with Crippen molar-refractivity contribution in [3.63, 3.8) is 0 Å². The van der Waals surface area contributed by atoms with E-state index in [1.807, 2.05) is 66.7 Å². The van der Waals surface area contributed by atoms with Crippen molar-refractivity contribution in [2.24, 2.45) is 0 Å².